The van der Waals surface area contributed by atoms with Crippen molar-refractivity contribution in [3.63, 3.8) is 0 Å². The van der Waals surface area contributed by atoms with Crippen molar-refractivity contribution in [1.29, 1.82) is 0 Å². The third-order valence-electron chi connectivity index (χ3n) is 6.08. The molecule has 0 aromatic heterocycles. The van der Waals surface area contributed by atoms with Crippen molar-refractivity contribution < 1.29 is 4.79 Å². The lowest BCUT2D eigenvalue weighted by atomic mass is 9.82. The molecule has 3 rings (SSSR count). The molecule has 1 N–H and O–H groups in total. The Hall–Kier alpha value is -1.84. The largest absolute Gasteiger partial charge is 0.343 e. The Kier molecular flexibility index (Phi) is 5.92. The zero-order chi connectivity index (χ0) is 19.6. The average molecular weight is 385 g/mol. The molecule has 1 aliphatic carbocycles. The molecule has 1 aliphatic rings. The van der Waals surface area contributed by atoms with Gasteiger partial charge >= 0.3 is 0 Å². The van der Waals surface area contributed by atoms with Crippen LogP contribution in [0.1, 0.15) is 58.8 Å². The van der Waals surface area contributed by atoms with Gasteiger partial charge in [0.25, 0.3) is 5.91 Å². The first kappa shape index (κ1) is 19.9. The third-order valence-corrected chi connectivity index (χ3v) is 6.34. The summed E-state index contributed by atoms with van der Waals surface area (Å²) in [4.78, 5) is 15.6. The van der Waals surface area contributed by atoms with E-state index >= 15 is 0 Å². The fraction of sp³-hybridized carbons (Fsp3) is 0.435. The van der Waals surface area contributed by atoms with Crippen LogP contribution in [-0.2, 0) is 0 Å². The molecule has 0 bridgehead atoms. The maximum Gasteiger partial charge on any atom is 0.252 e. The van der Waals surface area contributed by atoms with Gasteiger partial charge in [0.1, 0.15) is 0 Å². The van der Waals surface area contributed by atoms with Crippen molar-refractivity contribution in [3.8, 4) is 0 Å². The molecule has 0 saturated heterocycles. The van der Waals surface area contributed by atoms with Gasteiger partial charge < -0.3 is 10.2 Å². The van der Waals surface area contributed by atoms with Crippen molar-refractivity contribution in [3.05, 3.63) is 69.7 Å². The Balaban J connectivity index is 2.02. The van der Waals surface area contributed by atoms with Crippen LogP contribution in [0, 0.1) is 13.8 Å². The van der Waals surface area contributed by atoms with E-state index in [0.717, 1.165) is 35.1 Å². The van der Waals surface area contributed by atoms with Crippen LogP contribution >= 0.6 is 11.6 Å². The summed E-state index contributed by atoms with van der Waals surface area (Å²) in [6.45, 7) is 3.99. The molecule has 2 aromatic carbocycles. The molecule has 0 spiro atoms. The summed E-state index contributed by atoms with van der Waals surface area (Å²) in [6, 6.07) is 13.8. The first-order valence-corrected chi connectivity index (χ1v) is 10.0. The van der Waals surface area contributed by atoms with Gasteiger partial charge in [-0.25, -0.2) is 0 Å². The van der Waals surface area contributed by atoms with Crippen molar-refractivity contribution in [2.24, 2.45) is 0 Å². The molecular weight excluding hydrogens is 356 g/mol. The highest BCUT2D eigenvalue weighted by Gasteiger charge is 2.44. The second-order valence-corrected chi connectivity index (χ2v) is 8.37. The molecule has 0 heterocycles. The minimum atomic E-state index is -0.0845. The number of hydrogen-bond donors (Lipinski definition) is 1. The van der Waals surface area contributed by atoms with Crippen LogP contribution in [0.25, 0.3) is 0 Å². The molecule has 1 fully saturated rings. The van der Waals surface area contributed by atoms with Crippen LogP contribution < -0.4 is 5.32 Å². The lowest BCUT2D eigenvalue weighted by Gasteiger charge is -2.44. The van der Waals surface area contributed by atoms with Crippen LogP contribution in [0.4, 0.5) is 0 Å². The normalized spacial score (nSPS) is 17.1. The first-order valence-electron chi connectivity index (χ1n) is 9.65. The van der Waals surface area contributed by atoms with Gasteiger partial charge in [-0.2, -0.15) is 0 Å². The summed E-state index contributed by atoms with van der Waals surface area (Å²) in [5.41, 5.74) is 3.82. The van der Waals surface area contributed by atoms with Gasteiger partial charge in [-0.3, -0.25) is 4.79 Å². The smallest absolute Gasteiger partial charge is 0.252 e. The Morgan fingerprint density at radius 3 is 2.11 bits per heavy atom. The topological polar surface area (TPSA) is 32.3 Å². The Bertz CT molecular complexity index is 787. The molecule has 0 aliphatic heterocycles. The number of hydrogen-bond acceptors (Lipinski definition) is 2. The zero-order valence-electron chi connectivity index (χ0n) is 16.7. The standard InChI is InChI=1S/C23H29ClN2O/c1-16-8-7-9-17(2)20(16)22(27)25-21(18-10-12-19(24)13-11-18)23(26(3)4)14-5-6-15-23/h7-13,21H,5-6,14-15H2,1-4H3,(H,25,27). The van der Waals surface area contributed by atoms with E-state index in [1.807, 2.05) is 56.3 Å². The molecule has 3 nitrogen and oxygen atoms in total. The Morgan fingerprint density at radius 1 is 1.04 bits per heavy atom. The van der Waals surface area contributed by atoms with Crippen molar-refractivity contribution in [1.82, 2.24) is 10.2 Å². The monoisotopic (exact) mass is 384 g/mol. The van der Waals surface area contributed by atoms with Gasteiger partial charge in [-0.15, -0.1) is 0 Å². The van der Waals surface area contributed by atoms with E-state index in [1.54, 1.807) is 0 Å². The van der Waals surface area contributed by atoms with E-state index in [1.165, 1.54) is 12.8 Å². The van der Waals surface area contributed by atoms with Crippen LogP contribution in [-0.4, -0.2) is 30.4 Å². The fourth-order valence-electron chi connectivity index (χ4n) is 4.54. The number of amides is 1. The predicted octanol–water partition coefficient (Wildman–Crippen LogP) is 5.30. The predicted molar refractivity (Wildman–Crippen MR) is 112 cm³/mol. The lowest BCUT2D eigenvalue weighted by molar-refractivity contribution is 0.0765. The fourth-order valence-corrected chi connectivity index (χ4v) is 4.67. The Labute approximate surface area is 167 Å². The van der Waals surface area contributed by atoms with E-state index in [-0.39, 0.29) is 17.5 Å². The number of carbonyl (C=O) groups excluding carboxylic acids is 1. The van der Waals surface area contributed by atoms with Crippen LogP contribution in [0.2, 0.25) is 5.02 Å². The van der Waals surface area contributed by atoms with Crippen LogP contribution in [0.15, 0.2) is 42.5 Å². The highest BCUT2D eigenvalue weighted by atomic mass is 35.5. The molecule has 1 amide bonds. The number of nitrogens with zero attached hydrogens (tertiary/aromatic N) is 1. The molecule has 1 atom stereocenters. The van der Waals surface area contributed by atoms with E-state index in [0.29, 0.717) is 5.02 Å². The van der Waals surface area contributed by atoms with Gasteiger partial charge in [-0.05, 0) is 69.6 Å². The number of nitrogens with one attached hydrogen (secondary N) is 1. The van der Waals surface area contributed by atoms with E-state index in [9.17, 15) is 4.79 Å². The molecule has 144 valence electrons. The van der Waals surface area contributed by atoms with E-state index < -0.39 is 0 Å². The third kappa shape index (κ3) is 3.90. The Morgan fingerprint density at radius 2 is 1.59 bits per heavy atom. The molecule has 2 aromatic rings. The van der Waals surface area contributed by atoms with Crippen molar-refractivity contribution >= 4 is 17.5 Å². The SMILES string of the molecule is Cc1cccc(C)c1C(=O)NC(c1ccc(Cl)cc1)C1(N(C)C)CCCC1. The average Bonchev–Trinajstić information content (AvgIpc) is 3.11. The molecule has 1 saturated carbocycles. The molecule has 1 unspecified atom stereocenters. The van der Waals surface area contributed by atoms with Crippen molar-refractivity contribution in [2.75, 3.05) is 14.1 Å². The lowest BCUT2D eigenvalue weighted by Crippen LogP contribution is -2.53. The molecule has 4 heteroatoms. The summed E-state index contributed by atoms with van der Waals surface area (Å²) >= 11 is 6.12. The summed E-state index contributed by atoms with van der Waals surface area (Å²) in [6.07, 6.45) is 4.50. The van der Waals surface area contributed by atoms with E-state index in [4.69, 9.17) is 11.6 Å². The summed E-state index contributed by atoms with van der Waals surface area (Å²) in [5, 5.41) is 4.10. The highest BCUT2D eigenvalue weighted by Crippen LogP contribution is 2.43. The van der Waals surface area contributed by atoms with E-state index in [2.05, 4.69) is 24.3 Å². The second-order valence-electron chi connectivity index (χ2n) is 7.93. The summed E-state index contributed by atoms with van der Waals surface area (Å²) in [5.74, 6) is -0.00123. The highest BCUT2D eigenvalue weighted by molar-refractivity contribution is 6.30. The van der Waals surface area contributed by atoms with Crippen molar-refractivity contribution in [2.45, 2.75) is 51.1 Å². The summed E-state index contributed by atoms with van der Waals surface area (Å²) in [7, 11) is 4.25. The molecular formula is C23H29ClN2O. The number of aryl methyl sites for hydroxylation is 2. The first-order chi connectivity index (χ1) is 12.8. The number of halogens is 1. The minimum absolute atomic E-state index is 0.00123. The number of benzene rings is 2. The number of rotatable bonds is 5. The van der Waals surface area contributed by atoms with Crippen LogP contribution in [0.5, 0.6) is 0 Å². The maximum absolute atomic E-state index is 13.3. The van der Waals surface area contributed by atoms with Gasteiger partial charge in [0.15, 0.2) is 0 Å². The minimum Gasteiger partial charge on any atom is -0.343 e. The van der Waals surface area contributed by atoms with Gasteiger partial charge in [0.2, 0.25) is 0 Å². The number of carbonyl (C=O) groups is 1. The quantitative estimate of drug-likeness (QED) is 0.758. The molecule has 27 heavy (non-hydrogen) atoms. The van der Waals surface area contributed by atoms with Crippen LogP contribution in [0.3, 0.4) is 0 Å². The summed E-state index contributed by atoms with van der Waals surface area (Å²) < 4.78 is 0. The maximum atomic E-state index is 13.3. The number of likely N-dealkylation sites (N-methyl/N-ethyl adjacent to an activating group) is 1. The van der Waals surface area contributed by atoms with Gasteiger partial charge in [0, 0.05) is 16.1 Å². The zero-order valence-corrected chi connectivity index (χ0v) is 17.4. The van der Waals surface area contributed by atoms with Gasteiger partial charge in [-0.1, -0.05) is 54.8 Å². The molecule has 0 radical (unpaired) electrons. The second kappa shape index (κ2) is 8.04. The van der Waals surface area contributed by atoms with Gasteiger partial charge in [0.05, 0.1) is 6.04 Å².